The molecule has 2 aromatic rings. The van der Waals surface area contributed by atoms with Gasteiger partial charge in [0.15, 0.2) is 0 Å². The lowest BCUT2D eigenvalue weighted by Crippen LogP contribution is -2.25. The molecule has 1 aliphatic carbocycles. The smallest absolute Gasteiger partial charge is 0.283 e. The first-order chi connectivity index (χ1) is 15.7. The Balaban J connectivity index is 1.63. The van der Waals surface area contributed by atoms with Crippen LogP contribution in [0, 0.1) is 21.8 Å². The molecule has 0 saturated heterocycles. The molecule has 3 rings (SSSR count). The van der Waals surface area contributed by atoms with Crippen LogP contribution in [0.5, 0.6) is 0 Å². The SMILES string of the molecule is NC(=O)c1ccc(SCC(=O)Nc2ccc(F)c(NC(=O)C3CCCCC3)c2)c([N+](=O)[O-])c1. The normalized spacial score (nSPS) is 13.8. The number of carbonyl (C=O) groups is 3. The van der Waals surface area contributed by atoms with Crippen molar-refractivity contribution in [1.82, 2.24) is 0 Å². The first-order valence-electron chi connectivity index (χ1n) is 10.4. The van der Waals surface area contributed by atoms with Gasteiger partial charge in [-0.2, -0.15) is 0 Å². The monoisotopic (exact) mass is 474 g/mol. The van der Waals surface area contributed by atoms with Gasteiger partial charge in [-0.15, -0.1) is 11.8 Å². The fraction of sp³-hybridized carbons (Fsp3) is 0.318. The number of hydrogen-bond donors (Lipinski definition) is 3. The van der Waals surface area contributed by atoms with Crippen molar-refractivity contribution in [2.24, 2.45) is 11.7 Å². The van der Waals surface area contributed by atoms with Crippen molar-refractivity contribution >= 4 is 46.5 Å². The predicted octanol–water partition coefficient (Wildman–Crippen LogP) is 4.08. The summed E-state index contributed by atoms with van der Waals surface area (Å²) >= 11 is 0.910. The maximum atomic E-state index is 14.2. The molecular weight excluding hydrogens is 451 g/mol. The van der Waals surface area contributed by atoms with Crippen molar-refractivity contribution in [3.05, 3.63) is 57.9 Å². The van der Waals surface area contributed by atoms with Crippen LogP contribution in [0.3, 0.4) is 0 Å². The molecule has 1 saturated carbocycles. The Morgan fingerprint density at radius 2 is 1.82 bits per heavy atom. The van der Waals surface area contributed by atoms with Gasteiger partial charge < -0.3 is 16.4 Å². The lowest BCUT2D eigenvalue weighted by atomic mass is 9.88. The summed E-state index contributed by atoms with van der Waals surface area (Å²) in [6.45, 7) is 0. The molecule has 9 nitrogen and oxygen atoms in total. The summed E-state index contributed by atoms with van der Waals surface area (Å²) in [5, 5.41) is 16.5. The lowest BCUT2D eigenvalue weighted by molar-refractivity contribution is -0.387. The number of nitrogens with one attached hydrogen (secondary N) is 2. The standard InChI is InChI=1S/C22H23FN4O5S/c23-16-8-7-15(11-17(16)26-22(30)13-4-2-1-3-5-13)25-20(28)12-33-19-9-6-14(21(24)29)10-18(19)27(31)32/h6-11,13H,1-5,12H2,(H2,24,29)(H,25,28)(H,26,30). The van der Waals surface area contributed by atoms with Crippen LogP contribution in [-0.4, -0.2) is 28.4 Å². The zero-order valence-electron chi connectivity index (χ0n) is 17.6. The van der Waals surface area contributed by atoms with E-state index in [0.717, 1.165) is 56.0 Å². The molecule has 0 aromatic heterocycles. The predicted molar refractivity (Wildman–Crippen MR) is 123 cm³/mol. The quantitative estimate of drug-likeness (QED) is 0.299. The van der Waals surface area contributed by atoms with Crippen molar-refractivity contribution in [3.63, 3.8) is 0 Å². The number of nitro benzene ring substituents is 1. The second-order valence-corrected chi connectivity index (χ2v) is 8.68. The number of carbonyl (C=O) groups excluding carboxylic acids is 3. The minimum atomic E-state index is -0.796. The second kappa shape index (κ2) is 10.9. The first kappa shape index (κ1) is 24.2. The number of primary amides is 1. The Morgan fingerprint density at radius 3 is 2.48 bits per heavy atom. The number of rotatable bonds is 8. The summed E-state index contributed by atoms with van der Waals surface area (Å²) in [6, 6.07) is 7.60. The van der Waals surface area contributed by atoms with E-state index >= 15 is 0 Å². The molecule has 0 spiro atoms. The molecule has 3 amide bonds. The molecule has 0 aliphatic heterocycles. The van der Waals surface area contributed by atoms with Crippen LogP contribution < -0.4 is 16.4 Å². The van der Waals surface area contributed by atoms with Crippen molar-refractivity contribution in [2.75, 3.05) is 16.4 Å². The van der Waals surface area contributed by atoms with Gasteiger partial charge in [0.25, 0.3) is 5.69 Å². The van der Waals surface area contributed by atoms with Crippen molar-refractivity contribution in [2.45, 2.75) is 37.0 Å². The number of benzene rings is 2. The molecule has 174 valence electrons. The number of nitro groups is 1. The Kier molecular flexibility index (Phi) is 7.99. The third-order valence-electron chi connectivity index (χ3n) is 5.28. The number of thioether (sulfide) groups is 1. The van der Waals surface area contributed by atoms with Gasteiger partial charge in [0, 0.05) is 23.2 Å². The van der Waals surface area contributed by atoms with Crippen LogP contribution in [-0.2, 0) is 9.59 Å². The van der Waals surface area contributed by atoms with Crippen LogP contribution in [0.25, 0.3) is 0 Å². The summed E-state index contributed by atoms with van der Waals surface area (Å²) in [5.74, 6) is -2.45. The molecule has 0 bridgehead atoms. The van der Waals surface area contributed by atoms with Crippen molar-refractivity contribution < 1.29 is 23.7 Å². The first-order valence-corrected chi connectivity index (χ1v) is 11.3. The van der Waals surface area contributed by atoms with Crippen LogP contribution in [0.15, 0.2) is 41.3 Å². The zero-order chi connectivity index (χ0) is 24.0. The zero-order valence-corrected chi connectivity index (χ0v) is 18.5. The Hall–Kier alpha value is -3.47. The minimum absolute atomic E-state index is 0.00961. The van der Waals surface area contributed by atoms with Crippen LogP contribution >= 0.6 is 11.8 Å². The van der Waals surface area contributed by atoms with E-state index in [1.807, 2.05) is 0 Å². The molecule has 11 heteroatoms. The number of nitrogens with two attached hydrogens (primary N) is 1. The van der Waals surface area contributed by atoms with Gasteiger partial charge in [0.1, 0.15) is 5.82 Å². The third kappa shape index (κ3) is 6.51. The molecular formula is C22H23FN4O5S. The van der Waals surface area contributed by atoms with E-state index in [-0.39, 0.29) is 45.1 Å². The van der Waals surface area contributed by atoms with Crippen LogP contribution in [0.2, 0.25) is 0 Å². The molecule has 4 N–H and O–H groups in total. The van der Waals surface area contributed by atoms with Gasteiger partial charge in [-0.3, -0.25) is 24.5 Å². The summed E-state index contributed by atoms with van der Waals surface area (Å²) in [5.41, 5.74) is 5.06. The molecule has 0 atom stereocenters. The molecule has 1 fully saturated rings. The summed E-state index contributed by atoms with van der Waals surface area (Å²) in [4.78, 5) is 46.8. The maximum Gasteiger partial charge on any atom is 0.283 e. The van der Waals surface area contributed by atoms with Gasteiger partial charge in [-0.05, 0) is 43.2 Å². The summed E-state index contributed by atoms with van der Waals surface area (Å²) in [7, 11) is 0. The molecule has 0 heterocycles. The second-order valence-electron chi connectivity index (χ2n) is 7.66. The van der Waals surface area contributed by atoms with Gasteiger partial charge >= 0.3 is 0 Å². The molecule has 1 aliphatic rings. The van der Waals surface area contributed by atoms with Gasteiger partial charge in [-0.25, -0.2) is 4.39 Å². The number of nitrogens with zero attached hydrogens (tertiary/aromatic N) is 1. The van der Waals surface area contributed by atoms with Crippen LogP contribution in [0.4, 0.5) is 21.5 Å². The van der Waals surface area contributed by atoms with Crippen LogP contribution in [0.1, 0.15) is 42.5 Å². The maximum absolute atomic E-state index is 14.2. The number of anilines is 2. The Labute approximate surface area is 193 Å². The van der Waals surface area contributed by atoms with Gasteiger partial charge in [-0.1, -0.05) is 19.3 Å². The van der Waals surface area contributed by atoms with Gasteiger partial charge in [0.05, 0.1) is 21.3 Å². The minimum Gasteiger partial charge on any atom is -0.366 e. The highest BCUT2D eigenvalue weighted by Gasteiger charge is 2.22. The highest BCUT2D eigenvalue weighted by atomic mass is 32.2. The fourth-order valence-electron chi connectivity index (χ4n) is 3.57. The molecule has 0 unspecified atom stereocenters. The highest BCUT2D eigenvalue weighted by molar-refractivity contribution is 8.00. The van der Waals surface area contributed by atoms with E-state index in [1.54, 1.807) is 0 Å². The molecule has 33 heavy (non-hydrogen) atoms. The van der Waals surface area contributed by atoms with E-state index in [1.165, 1.54) is 24.3 Å². The highest BCUT2D eigenvalue weighted by Crippen LogP contribution is 2.31. The molecule has 2 aromatic carbocycles. The van der Waals surface area contributed by atoms with E-state index in [2.05, 4.69) is 10.6 Å². The van der Waals surface area contributed by atoms with E-state index < -0.39 is 22.6 Å². The number of halogens is 1. The lowest BCUT2D eigenvalue weighted by Gasteiger charge is -2.21. The average Bonchev–Trinajstić information content (AvgIpc) is 2.80. The topological polar surface area (TPSA) is 144 Å². The van der Waals surface area contributed by atoms with E-state index in [0.29, 0.717) is 0 Å². The van der Waals surface area contributed by atoms with Gasteiger partial charge in [0.2, 0.25) is 17.7 Å². The van der Waals surface area contributed by atoms with E-state index in [9.17, 15) is 28.9 Å². The summed E-state index contributed by atoms with van der Waals surface area (Å²) < 4.78 is 14.2. The number of hydrogen-bond acceptors (Lipinski definition) is 6. The Bertz CT molecular complexity index is 1090. The third-order valence-corrected chi connectivity index (χ3v) is 6.35. The largest absolute Gasteiger partial charge is 0.366 e. The molecule has 0 radical (unpaired) electrons. The van der Waals surface area contributed by atoms with E-state index in [4.69, 9.17) is 5.73 Å². The van der Waals surface area contributed by atoms with Crippen molar-refractivity contribution in [1.29, 1.82) is 0 Å². The van der Waals surface area contributed by atoms with Crippen molar-refractivity contribution in [3.8, 4) is 0 Å². The fourth-order valence-corrected chi connectivity index (χ4v) is 4.38. The number of amides is 3. The average molecular weight is 475 g/mol. The Morgan fingerprint density at radius 1 is 1.09 bits per heavy atom. The summed E-state index contributed by atoms with van der Waals surface area (Å²) in [6.07, 6.45) is 4.58.